The average Bonchev–Trinajstić information content (AvgIpc) is 2.51. The lowest BCUT2D eigenvalue weighted by Gasteiger charge is -2.04. The maximum absolute atomic E-state index is 6.10. The first-order valence-electron chi connectivity index (χ1n) is 6.77. The van der Waals surface area contributed by atoms with Crippen molar-refractivity contribution in [1.29, 1.82) is 0 Å². The van der Waals surface area contributed by atoms with Crippen molar-refractivity contribution in [1.82, 2.24) is 0 Å². The number of fused-ring (bicyclic) bond motifs is 1. The second-order valence-electron chi connectivity index (χ2n) is 4.90. The third kappa shape index (κ3) is 3.06. The van der Waals surface area contributed by atoms with Gasteiger partial charge in [0, 0.05) is 10.6 Å². The summed E-state index contributed by atoms with van der Waals surface area (Å²) in [7, 11) is 0. The molecular formula is C18H15ClN2. The molecule has 2 nitrogen and oxygen atoms in total. The third-order valence-corrected chi connectivity index (χ3v) is 3.80. The molecule has 3 aromatic rings. The zero-order chi connectivity index (χ0) is 14.7. The van der Waals surface area contributed by atoms with Crippen LogP contribution in [-0.2, 0) is 0 Å². The van der Waals surface area contributed by atoms with Crippen molar-refractivity contribution >= 4 is 34.3 Å². The van der Waals surface area contributed by atoms with Crippen LogP contribution in [0.5, 0.6) is 0 Å². The van der Waals surface area contributed by atoms with Crippen molar-refractivity contribution in [3.8, 4) is 0 Å². The van der Waals surface area contributed by atoms with E-state index in [0.29, 0.717) is 0 Å². The molecule has 0 amide bonds. The number of nitrogens with one attached hydrogen (secondary N) is 1. The molecule has 0 aliphatic heterocycles. The Morgan fingerprint density at radius 1 is 1.00 bits per heavy atom. The van der Waals surface area contributed by atoms with Crippen LogP contribution >= 0.6 is 11.6 Å². The molecule has 0 spiro atoms. The first-order valence-corrected chi connectivity index (χ1v) is 7.15. The molecule has 0 radical (unpaired) electrons. The van der Waals surface area contributed by atoms with E-state index >= 15 is 0 Å². The highest BCUT2D eigenvalue weighted by Crippen LogP contribution is 2.20. The Balaban J connectivity index is 1.83. The SMILES string of the molecule is Cc1ccc(N/N=C/c2cccc3ccccc23)cc1Cl. The summed E-state index contributed by atoms with van der Waals surface area (Å²) in [6.07, 6.45) is 1.83. The summed E-state index contributed by atoms with van der Waals surface area (Å²) in [6, 6.07) is 20.3. The monoisotopic (exact) mass is 294 g/mol. The standard InChI is InChI=1S/C18H15ClN2/c1-13-9-10-16(11-18(13)19)21-20-12-15-7-4-6-14-5-2-3-8-17(14)15/h2-12,21H,1H3/b20-12+. The van der Waals surface area contributed by atoms with Gasteiger partial charge in [0.2, 0.25) is 0 Å². The van der Waals surface area contributed by atoms with E-state index < -0.39 is 0 Å². The molecule has 0 aliphatic rings. The van der Waals surface area contributed by atoms with Crippen molar-refractivity contribution in [2.45, 2.75) is 6.92 Å². The van der Waals surface area contributed by atoms with Gasteiger partial charge in [-0.25, -0.2) is 0 Å². The quantitative estimate of drug-likeness (QED) is 0.518. The van der Waals surface area contributed by atoms with Gasteiger partial charge in [-0.1, -0.05) is 60.1 Å². The van der Waals surface area contributed by atoms with E-state index in [1.54, 1.807) is 0 Å². The summed E-state index contributed by atoms with van der Waals surface area (Å²) >= 11 is 6.10. The van der Waals surface area contributed by atoms with Crippen LogP contribution in [-0.4, -0.2) is 6.21 Å². The van der Waals surface area contributed by atoms with Crippen LogP contribution in [0.3, 0.4) is 0 Å². The third-order valence-electron chi connectivity index (χ3n) is 3.39. The van der Waals surface area contributed by atoms with Gasteiger partial charge in [-0.15, -0.1) is 0 Å². The second kappa shape index (κ2) is 5.98. The van der Waals surface area contributed by atoms with Crippen LogP contribution in [0.4, 0.5) is 5.69 Å². The highest BCUT2D eigenvalue weighted by Gasteiger charge is 1.98. The Labute approximate surface area is 129 Å². The average molecular weight is 295 g/mol. The smallest absolute Gasteiger partial charge is 0.0576 e. The number of benzene rings is 3. The Bertz CT molecular complexity index is 804. The first kappa shape index (κ1) is 13.7. The van der Waals surface area contributed by atoms with Crippen LogP contribution in [0.25, 0.3) is 10.8 Å². The van der Waals surface area contributed by atoms with E-state index in [1.807, 2.05) is 49.5 Å². The second-order valence-corrected chi connectivity index (χ2v) is 5.31. The van der Waals surface area contributed by atoms with E-state index in [0.717, 1.165) is 21.8 Å². The molecule has 0 fully saturated rings. The van der Waals surface area contributed by atoms with Crippen molar-refractivity contribution in [2.24, 2.45) is 5.10 Å². The molecule has 0 aromatic heterocycles. The topological polar surface area (TPSA) is 24.4 Å². The number of aryl methyl sites for hydroxylation is 1. The van der Waals surface area contributed by atoms with Gasteiger partial charge in [0.15, 0.2) is 0 Å². The molecule has 21 heavy (non-hydrogen) atoms. The van der Waals surface area contributed by atoms with E-state index in [2.05, 4.69) is 34.8 Å². The molecule has 104 valence electrons. The number of hydrogen-bond donors (Lipinski definition) is 1. The minimum atomic E-state index is 0.736. The number of rotatable bonds is 3. The maximum atomic E-state index is 6.10. The molecule has 3 heteroatoms. The molecule has 0 bridgehead atoms. The Hall–Kier alpha value is -2.32. The van der Waals surface area contributed by atoms with Gasteiger partial charge in [0.25, 0.3) is 0 Å². The summed E-state index contributed by atoms with van der Waals surface area (Å²) in [5, 5.41) is 7.43. The number of hydrazone groups is 1. The summed E-state index contributed by atoms with van der Waals surface area (Å²) in [4.78, 5) is 0. The summed E-state index contributed by atoms with van der Waals surface area (Å²) < 4.78 is 0. The van der Waals surface area contributed by atoms with Gasteiger partial charge in [-0.3, -0.25) is 5.43 Å². The molecule has 3 aromatic carbocycles. The lowest BCUT2D eigenvalue weighted by atomic mass is 10.1. The molecule has 0 unspecified atom stereocenters. The molecule has 0 atom stereocenters. The molecule has 1 N–H and O–H groups in total. The Kier molecular flexibility index (Phi) is 3.89. The number of hydrogen-bond acceptors (Lipinski definition) is 2. The van der Waals surface area contributed by atoms with E-state index in [-0.39, 0.29) is 0 Å². The van der Waals surface area contributed by atoms with Gasteiger partial charge < -0.3 is 0 Å². The zero-order valence-corrected chi connectivity index (χ0v) is 12.4. The van der Waals surface area contributed by atoms with E-state index in [1.165, 1.54) is 10.8 Å². The Morgan fingerprint density at radius 2 is 1.81 bits per heavy atom. The normalized spacial score (nSPS) is 11.1. The van der Waals surface area contributed by atoms with Crippen molar-refractivity contribution in [2.75, 3.05) is 5.43 Å². The molecule has 3 rings (SSSR count). The Morgan fingerprint density at radius 3 is 2.67 bits per heavy atom. The predicted molar refractivity (Wildman–Crippen MR) is 91.4 cm³/mol. The van der Waals surface area contributed by atoms with Crippen molar-refractivity contribution in [3.05, 3.63) is 76.8 Å². The van der Waals surface area contributed by atoms with Gasteiger partial charge >= 0.3 is 0 Å². The van der Waals surface area contributed by atoms with Crippen LogP contribution < -0.4 is 5.43 Å². The van der Waals surface area contributed by atoms with Gasteiger partial charge in [0.1, 0.15) is 0 Å². The van der Waals surface area contributed by atoms with Crippen LogP contribution in [0.1, 0.15) is 11.1 Å². The maximum Gasteiger partial charge on any atom is 0.0576 e. The number of nitrogens with zero attached hydrogens (tertiary/aromatic N) is 1. The number of halogens is 1. The van der Waals surface area contributed by atoms with Gasteiger partial charge in [0.05, 0.1) is 11.9 Å². The fourth-order valence-electron chi connectivity index (χ4n) is 2.20. The van der Waals surface area contributed by atoms with Crippen LogP contribution in [0.15, 0.2) is 65.8 Å². The fourth-order valence-corrected chi connectivity index (χ4v) is 2.38. The van der Waals surface area contributed by atoms with Gasteiger partial charge in [-0.05, 0) is 35.4 Å². The highest BCUT2D eigenvalue weighted by atomic mass is 35.5. The summed E-state index contributed by atoms with van der Waals surface area (Å²) in [6.45, 7) is 1.98. The predicted octanol–water partition coefficient (Wildman–Crippen LogP) is 5.25. The van der Waals surface area contributed by atoms with Crippen LogP contribution in [0.2, 0.25) is 5.02 Å². The minimum absolute atomic E-state index is 0.736. The highest BCUT2D eigenvalue weighted by molar-refractivity contribution is 6.31. The molecule has 0 saturated heterocycles. The first-order chi connectivity index (χ1) is 10.2. The number of anilines is 1. The zero-order valence-electron chi connectivity index (χ0n) is 11.7. The van der Waals surface area contributed by atoms with E-state index in [4.69, 9.17) is 11.6 Å². The van der Waals surface area contributed by atoms with Crippen LogP contribution in [0, 0.1) is 6.92 Å². The minimum Gasteiger partial charge on any atom is -0.278 e. The van der Waals surface area contributed by atoms with Crippen molar-refractivity contribution < 1.29 is 0 Å². The van der Waals surface area contributed by atoms with E-state index in [9.17, 15) is 0 Å². The summed E-state index contributed by atoms with van der Waals surface area (Å²) in [5.74, 6) is 0. The summed E-state index contributed by atoms with van der Waals surface area (Å²) in [5.41, 5.74) is 6.03. The molecular weight excluding hydrogens is 280 g/mol. The fraction of sp³-hybridized carbons (Fsp3) is 0.0556. The largest absolute Gasteiger partial charge is 0.278 e. The molecule has 0 aliphatic carbocycles. The molecule has 0 heterocycles. The lowest BCUT2D eigenvalue weighted by molar-refractivity contribution is 1.34. The molecule has 0 saturated carbocycles. The lowest BCUT2D eigenvalue weighted by Crippen LogP contribution is -1.92. The van der Waals surface area contributed by atoms with Crippen molar-refractivity contribution in [3.63, 3.8) is 0 Å². The van der Waals surface area contributed by atoms with Gasteiger partial charge in [-0.2, -0.15) is 5.10 Å².